The van der Waals surface area contributed by atoms with Gasteiger partial charge in [-0.15, -0.1) is 0 Å². The summed E-state index contributed by atoms with van der Waals surface area (Å²) in [6, 6.07) is 3.33. The maximum absolute atomic E-state index is 10.8. The van der Waals surface area contributed by atoms with Crippen molar-refractivity contribution < 1.29 is 4.79 Å². The molecule has 0 fully saturated rings. The highest BCUT2D eigenvalue weighted by atomic mass is 127. The second-order valence-corrected chi connectivity index (χ2v) is 4.35. The van der Waals surface area contributed by atoms with Gasteiger partial charge < -0.3 is 11.1 Å². The summed E-state index contributed by atoms with van der Waals surface area (Å²) in [4.78, 5) is 14.9. The zero-order chi connectivity index (χ0) is 12.1. The number of rotatable bonds is 4. The van der Waals surface area contributed by atoms with Crippen molar-refractivity contribution in [2.75, 3.05) is 5.73 Å². The van der Waals surface area contributed by atoms with Gasteiger partial charge in [0.15, 0.2) is 6.29 Å². The van der Waals surface area contributed by atoms with Crippen molar-refractivity contribution in [1.82, 2.24) is 0 Å². The van der Waals surface area contributed by atoms with E-state index >= 15 is 0 Å². The molecule has 0 spiro atoms. The molecule has 4 nitrogen and oxygen atoms in total. The summed E-state index contributed by atoms with van der Waals surface area (Å²) in [6.45, 7) is 1.88. The number of benzene rings is 1. The standard InChI is InChI=1S/C11H12IN3O/c1-2-8(13)5-15-11-4-9(12)10(14)3-7(11)6-16/h3-6,13H,2,14H2,1H3/b13-8?,15-5+. The Balaban J connectivity index is 3.12. The Hall–Kier alpha value is -1.24. The van der Waals surface area contributed by atoms with E-state index in [1.165, 1.54) is 6.21 Å². The topological polar surface area (TPSA) is 79.3 Å². The zero-order valence-electron chi connectivity index (χ0n) is 8.83. The molecule has 1 aromatic carbocycles. The van der Waals surface area contributed by atoms with E-state index in [4.69, 9.17) is 11.1 Å². The number of aldehydes is 1. The second kappa shape index (κ2) is 5.74. The number of halogens is 1. The SMILES string of the molecule is CCC(=N)/C=N/c1cc(I)c(N)cc1C=O. The molecule has 0 aromatic heterocycles. The fourth-order valence-electron chi connectivity index (χ4n) is 1.04. The molecule has 0 aliphatic rings. The summed E-state index contributed by atoms with van der Waals surface area (Å²) in [7, 11) is 0. The van der Waals surface area contributed by atoms with Crippen molar-refractivity contribution in [3.05, 3.63) is 21.3 Å². The number of anilines is 1. The van der Waals surface area contributed by atoms with Gasteiger partial charge in [-0.2, -0.15) is 0 Å². The van der Waals surface area contributed by atoms with Crippen molar-refractivity contribution in [1.29, 1.82) is 5.41 Å². The highest BCUT2D eigenvalue weighted by molar-refractivity contribution is 14.1. The van der Waals surface area contributed by atoms with Crippen LogP contribution >= 0.6 is 22.6 Å². The number of nitrogen functional groups attached to an aromatic ring is 1. The molecule has 0 atom stereocenters. The molecule has 0 aliphatic heterocycles. The molecule has 0 saturated heterocycles. The first-order chi connectivity index (χ1) is 7.58. The number of carbonyl (C=O) groups is 1. The zero-order valence-corrected chi connectivity index (χ0v) is 11.0. The van der Waals surface area contributed by atoms with Gasteiger partial charge in [0, 0.05) is 26.7 Å². The number of nitrogens with zero attached hydrogens (tertiary/aromatic N) is 1. The van der Waals surface area contributed by atoms with Gasteiger partial charge >= 0.3 is 0 Å². The fourth-order valence-corrected chi connectivity index (χ4v) is 1.49. The molecule has 0 saturated carbocycles. The van der Waals surface area contributed by atoms with Crippen molar-refractivity contribution in [3.63, 3.8) is 0 Å². The molecule has 0 amide bonds. The summed E-state index contributed by atoms with van der Waals surface area (Å²) in [5, 5.41) is 7.45. The van der Waals surface area contributed by atoms with Crippen molar-refractivity contribution in [2.24, 2.45) is 4.99 Å². The van der Waals surface area contributed by atoms with Gasteiger partial charge in [-0.25, -0.2) is 0 Å². The van der Waals surface area contributed by atoms with Gasteiger partial charge in [0.1, 0.15) is 0 Å². The summed E-state index contributed by atoms with van der Waals surface area (Å²) in [6.07, 6.45) is 2.79. The van der Waals surface area contributed by atoms with Crippen molar-refractivity contribution in [3.8, 4) is 0 Å². The third kappa shape index (κ3) is 3.13. The maximum Gasteiger partial charge on any atom is 0.152 e. The van der Waals surface area contributed by atoms with Crippen LogP contribution in [0.4, 0.5) is 11.4 Å². The minimum absolute atomic E-state index is 0.420. The highest BCUT2D eigenvalue weighted by Gasteiger charge is 2.04. The van der Waals surface area contributed by atoms with Crippen LogP contribution in [-0.4, -0.2) is 18.2 Å². The molecule has 84 valence electrons. The minimum Gasteiger partial charge on any atom is -0.398 e. The fraction of sp³-hybridized carbons (Fsp3) is 0.182. The Morgan fingerprint density at radius 2 is 2.31 bits per heavy atom. The first kappa shape index (κ1) is 12.8. The smallest absolute Gasteiger partial charge is 0.152 e. The number of nitrogens with one attached hydrogen (secondary N) is 1. The normalized spacial score (nSPS) is 10.6. The lowest BCUT2D eigenvalue weighted by atomic mass is 10.2. The lowest BCUT2D eigenvalue weighted by Gasteiger charge is -2.03. The molecule has 1 aromatic rings. The summed E-state index contributed by atoms with van der Waals surface area (Å²) < 4.78 is 0.846. The monoisotopic (exact) mass is 329 g/mol. The molecule has 0 radical (unpaired) electrons. The van der Waals surface area contributed by atoms with Crippen LogP contribution < -0.4 is 5.73 Å². The quantitative estimate of drug-likeness (QED) is 0.386. The molecule has 0 heterocycles. The van der Waals surface area contributed by atoms with Gasteiger partial charge in [0.05, 0.1) is 5.69 Å². The Morgan fingerprint density at radius 3 is 2.88 bits per heavy atom. The third-order valence-corrected chi connectivity index (χ3v) is 2.95. The number of nitrogens with two attached hydrogens (primary N) is 1. The highest BCUT2D eigenvalue weighted by Crippen LogP contribution is 2.25. The van der Waals surface area contributed by atoms with E-state index in [2.05, 4.69) is 27.6 Å². The summed E-state index contributed by atoms with van der Waals surface area (Å²) in [5.74, 6) is 0. The average Bonchev–Trinajstić information content (AvgIpc) is 2.29. The van der Waals surface area contributed by atoms with Gasteiger partial charge in [-0.05, 0) is 41.1 Å². The van der Waals surface area contributed by atoms with E-state index in [-0.39, 0.29) is 0 Å². The average molecular weight is 329 g/mol. The predicted molar refractivity (Wildman–Crippen MR) is 75.1 cm³/mol. The van der Waals surface area contributed by atoms with E-state index in [0.717, 1.165) is 3.57 Å². The van der Waals surface area contributed by atoms with Gasteiger partial charge in [0.2, 0.25) is 0 Å². The van der Waals surface area contributed by atoms with Crippen molar-refractivity contribution >= 4 is 52.2 Å². The lowest BCUT2D eigenvalue weighted by Crippen LogP contribution is -1.96. The van der Waals surface area contributed by atoms with Crippen molar-refractivity contribution in [2.45, 2.75) is 13.3 Å². The Kier molecular flexibility index (Phi) is 4.60. The summed E-state index contributed by atoms with van der Waals surface area (Å²) in [5.41, 5.74) is 7.66. The van der Waals surface area contributed by atoms with Crippen LogP contribution in [0.25, 0.3) is 0 Å². The van der Waals surface area contributed by atoms with Crippen LogP contribution in [0.15, 0.2) is 17.1 Å². The third-order valence-electron chi connectivity index (χ3n) is 2.01. The second-order valence-electron chi connectivity index (χ2n) is 3.19. The van der Waals surface area contributed by atoms with Crippen LogP contribution in [0.5, 0.6) is 0 Å². The molecule has 0 unspecified atom stereocenters. The van der Waals surface area contributed by atoms with Crippen LogP contribution in [0.2, 0.25) is 0 Å². The van der Waals surface area contributed by atoms with E-state index in [9.17, 15) is 4.79 Å². The Bertz CT molecular complexity index is 455. The molecule has 0 aliphatic carbocycles. The molecule has 3 N–H and O–H groups in total. The van der Waals surface area contributed by atoms with Gasteiger partial charge in [0.25, 0.3) is 0 Å². The molecular formula is C11H12IN3O. The minimum atomic E-state index is 0.420. The van der Waals surface area contributed by atoms with Crippen LogP contribution in [0, 0.1) is 8.98 Å². The number of hydrogen-bond acceptors (Lipinski definition) is 4. The van der Waals surface area contributed by atoms with Crippen LogP contribution in [0.3, 0.4) is 0 Å². The van der Waals surface area contributed by atoms with E-state index in [0.29, 0.717) is 35.4 Å². The lowest BCUT2D eigenvalue weighted by molar-refractivity contribution is 0.112. The molecule has 16 heavy (non-hydrogen) atoms. The first-order valence-electron chi connectivity index (χ1n) is 4.74. The van der Waals surface area contributed by atoms with Gasteiger partial charge in [-0.1, -0.05) is 6.92 Å². The Morgan fingerprint density at radius 1 is 1.62 bits per heavy atom. The molecular weight excluding hydrogens is 317 g/mol. The van der Waals surface area contributed by atoms with E-state index in [1.54, 1.807) is 12.1 Å². The van der Waals surface area contributed by atoms with E-state index in [1.807, 2.05) is 6.92 Å². The van der Waals surface area contributed by atoms with Gasteiger partial charge in [-0.3, -0.25) is 9.79 Å². The largest absolute Gasteiger partial charge is 0.398 e. The predicted octanol–water partition coefficient (Wildman–Crippen LogP) is 2.82. The molecule has 5 heteroatoms. The van der Waals surface area contributed by atoms with Crippen LogP contribution in [-0.2, 0) is 0 Å². The summed E-state index contributed by atoms with van der Waals surface area (Å²) >= 11 is 2.08. The number of aliphatic imine (C=N–C) groups is 1. The van der Waals surface area contributed by atoms with E-state index < -0.39 is 0 Å². The first-order valence-corrected chi connectivity index (χ1v) is 5.82. The maximum atomic E-state index is 10.8. The Labute approximate surface area is 108 Å². The molecule has 0 bridgehead atoms. The number of carbonyl (C=O) groups excluding carboxylic acids is 1. The van der Waals surface area contributed by atoms with Crippen LogP contribution in [0.1, 0.15) is 23.7 Å². The number of hydrogen-bond donors (Lipinski definition) is 2. The molecule has 1 rings (SSSR count).